The molecule has 0 atom stereocenters. The predicted octanol–water partition coefficient (Wildman–Crippen LogP) is 0.459. The Morgan fingerprint density at radius 1 is 1.35 bits per heavy atom. The van der Waals surface area contributed by atoms with Crippen molar-refractivity contribution in [2.75, 3.05) is 31.2 Å². The molecule has 7 nitrogen and oxygen atoms in total. The minimum Gasteiger partial charge on any atom is -0.378 e. The molecule has 0 spiro atoms. The number of nitrogens with zero attached hydrogens (tertiary/aromatic N) is 2. The van der Waals surface area contributed by atoms with E-state index in [4.69, 9.17) is 4.74 Å². The third kappa shape index (κ3) is 3.45. The van der Waals surface area contributed by atoms with Crippen LogP contribution in [0.15, 0.2) is 0 Å². The summed E-state index contributed by atoms with van der Waals surface area (Å²) in [6.07, 6.45) is 0.320. The van der Waals surface area contributed by atoms with Gasteiger partial charge in [0.25, 0.3) is 5.91 Å². The van der Waals surface area contributed by atoms with Crippen LogP contribution in [0.1, 0.15) is 28.7 Å². The molecule has 2 N–H and O–H groups in total. The lowest BCUT2D eigenvalue weighted by Crippen LogP contribution is -2.41. The smallest absolute Gasteiger partial charge is 0.281 e. The molecule has 2 amide bonds. The van der Waals surface area contributed by atoms with Gasteiger partial charge in [0.05, 0.1) is 18.9 Å². The number of thiazole rings is 1. The number of hydrogen-bond donors (Lipinski definition) is 2. The average molecular weight is 298 g/mol. The number of nitrogens with one attached hydrogen (secondary N) is 2. The molecule has 1 aromatic heterocycles. The SMILES string of the molecule is CCC(=O)NNC(=O)c1sc(N2CCOCC2)nc1C. The molecule has 0 bridgehead atoms. The second-order valence-corrected chi connectivity index (χ2v) is 5.34. The quantitative estimate of drug-likeness (QED) is 0.792. The molecule has 8 heteroatoms. The molecule has 110 valence electrons. The Balaban J connectivity index is 2.02. The first-order chi connectivity index (χ1) is 9.61. The molecule has 1 fully saturated rings. The minimum atomic E-state index is -0.332. The molecular weight excluding hydrogens is 280 g/mol. The third-order valence-electron chi connectivity index (χ3n) is 2.91. The maximum absolute atomic E-state index is 12.0. The number of anilines is 1. The number of hydrogen-bond acceptors (Lipinski definition) is 6. The van der Waals surface area contributed by atoms with Crippen molar-refractivity contribution < 1.29 is 14.3 Å². The van der Waals surface area contributed by atoms with E-state index in [1.54, 1.807) is 13.8 Å². The Morgan fingerprint density at radius 3 is 2.70 bits per heavy atom. The number of aryl methyl sites for hydroxylation is 1. The lowest BCUT2D eigenvalue weighted by Gasteiger charge is -2.25. The normalized spacial score (nSPS) is 15.0. The van der Waals surface area contributed by atoms with Gasteiger partial charge < -0.3 is 9.64 Å². The summed E-state index contributed by atoms with van der Waals surface area (Å²) in [4.78, 5) is 30.1. The van der Waals surface area contributed by atoms with Crippen molar-refractivity contribution in [3.05, 3.63) is 10.6 Å². The molecule has 0 saturated carbocycles. The van der Waals surface area contributed by atoms with Crippen molar-refractivity contribution >= 4 is 28.3 Å². The Kier molecular flexibility index (Phi) is 4.91. The average Bonchev–Trinajstić information content (AvgIpc) is 2.87. The zero-order valence-corrected chi connectivity index (χ0v) is 12.4. The van der Waals surface area contributed by atoms with Crippen LogP contribution < -0.4 is 15.8 Å². The topological polar surface area (TPSA) is 83.6 Å². The lowest BCUT2D eigenvalue weighted by atomic mass is 10.4. The Morgan fingerprint density at radius 2 is 2.05 bits per heavy atom. The van der Waals surface area contributed by atoms with Crippen molar-refractivity contribution in [1.82, 2.24) is 15.8 Å². The van der Waals surface area contributed by atoms with Gasteiger partial charge in [-0.3, -0.25) is 20.4 Å². The summed E-state index contributed by atoms with van der Waals surface area (Å²) < 4.78 is 5.29. The number of carbonyl (C=O) groups excluding carboxylic acids is 2. The first-order valence-corrected chi connectivity index (χ1v) is 7.32. The van der Waals surface area contributed by atoms with E-state index in [1.165, 1.54) is 11.3 Å². The highest BCUT2D eigenvalue weighted by atomic mass is 32.1. The van der Waals surface area contributed by atoms with Gasteiger partial charge in [0.1, 0.15) is 4.88 Å². The van der Waals surface area contributed by atoms with Crippen LogP contribution in [0, 0.1) is 6.92 Å². The molecule has 2 rings (SSSR count). The van der Waals surface area contributed by atoms with Crippen molar-refractivity contribution in [2.24, 2.45) is 0 Å². The predicted molar refractivity (Wildman–Crippen MR) is 75.8 cm³/mol. The van der Waals surface area contributed by atoms with Crippen LogP contribution in [0.3, 0.4) is 0 Å². The van der Waals surface area contributed by atoms with E-state index in [1.807, 2.05) is 0 Å². The number of rotatable bonds is 3. The van der Waals surface area contributed by atoms with Crippen LogP contribution in [0.2, 0.25) is 0 Å². The van der Waals surface area contributed by atoms with Gasteiger partial charge >= 0.3 is 0 Å². The van der Waals surface area contributed by atoms with Crippen molar-refractivity contribution in [2.45, 2.75) is 20.3 Å². The first kappa shape index (κ1) is 14.7. The molecule has 20 heavy (non-hydrogen) atoms. The molecular formula is C12H18N4O3S. The second-order valence-electron chi connectivity index (χ2n) is 4.37. The third-order valence-corrected chi connectivity index (χ3v) is 4.13. The number of hydrazine groups is 1. The first-order valence-electron chi connectivity index (χ1n) is 6.51. The van der Waals surface area contributed by atoms with Gasteiger partial charge in [0, 0.05) is 19.5 Å². The van der Waals surface area contributed by atoms with E-state index in [0.29, 0.717) is 30.2 Å². The number of carbonyl (C=O) groups is 2. The molecule has 1 aromatic rings. The van der Waals surface area contributed by atoms with Crippen molar-refractivity contribution in [1.29, 1.82) is 0 Å². The van der Waals surface area contributed by atoms with E-state index in [0.717, 1.165) is 18.2 Å². The van der Waals surface area contributed by atoms with Crippen LogP contribution in [-0.4, -0.2) is 43.1 Å². The summed E-state index contributed by atoms with van der Waals surface area (Å²) >= 11 is 1.33. The Labute approximate surface area is 121 Å². The summed E-state index contributed by atoms with van der Waals surface area (Å²) in [5, 5.41) is 0.817. The molecule has 0 aliphatic carbocycles. The van der Waals surface area contributed by atoms with Gasteiger partial charge in [-0.15, -0.1) is 0 Å². The van der Waals surface area contributed by atoms with Crippen molar-refractivity contribution in [3.63, 3.8) is 0 Å². The molecule has 0 unspecified atom stereocenters. The number of morpholine rings is 1. The summed E-state index contributed by atoms with van der Waals surface area (Å²) in [6.45, 7) is 6.41. The van der Waals surface area contributed by atoms with Gasteiger partial charge in [-0.05, 0) is 6.92 Å². The van der Waals surface area contributed by atoms with E-state index >= 15 is 0 Å². The number of aromatic nitrogens is 1. The Bertz CT molecular complexity index is 497. The van der Waals surface area contributed by atoms with Gasteiger partial charge in [0.2, 0.25) is 5.91 Å². The zero-order valence-electron chi connectivity index (χ0n) is 11.6. The summed E-state index contributed by atoms with van der Waals surface area (Å²) in [6, 6.07) is 0. The van der Waals surface area contributed by atoms with Crippen LogP contribution in [0.5, 0.6) is 0 Å². The minimum absolute atomic E-state index is 0.228. The van der Waals surface area contributed by atoms with Gasteiger partial charge in [0.15, 0.2) is 5.13 Å². The van der Waals surface area contributed by atoms with Crippen LogP contribution in [0.4, 0.5) is 5.13 Å². The fraction of sp³-hybridized carbons (Fsp3) is 0.583. The second kappa shape index (κ2) is 6.67. The molecule has 2 heterocycles. The Hall–Kier alpha value is -1.67. The standard InChI is InChI=1S/C12H18N4O3S/c1-3-9(17)14-15-11(18)10-8(2)13-12(20-10)16-4-6-19-7-5-16/h3-7H2,1-2H3,(H,14,17)(H,15,18). The molecule has 0 radical (unpaired) electrons. The van der Waals surface area contributed by atoms with E-state index in [-0.39, 0.29) is 11.8 Å². The van der Waals surface area contributed by atoms with E-state index in [9.17, 15) is 9.59 Å². The van der Waals surface area contributed by atoms with E-state index in [2.05, 4.69) is 20.7 Å². The molecule has 1 saturated heterocycles. The van der Waals surface area contributed by atoms with Gasteiger partial charge in [-0.25, -0.2) is 4.98 Å². The highest BCUT2D eigenvalue weighted by Crippen LogP contribution is 2.26. The summed E-state index contributed by atoms with van der Waals surface area (Å²) in [7, 11) is 0. The van der Waals surface area contributed by atoms with E-state index < -0.39 is 0 Å². The monoisotopic (exact) mass is 298 g/mol. The largest absolute Gasteiger partial charge is 0.378 e. The number of amides is 2. The van der Waals surface area contributed by atoms with Gasteiger partial charge in [-0.1, -0.05) is 18.3 Å². The van der Waals surface area contributed by atoms with Crippen LogP contribution >= 0.6 is 11.3 Å². The molecule has 1 aliphatic rings. The molecule has 1 aliphatic heterocycles. The highest BCUT2D eigenvalue weighted by Gasteiger charge is 2.20. The van der Waals surface area contributed by atoms with Gasteiger partial charge in [-0.2, -0.15) is 0 Å². The van der Waals surface area contributed by atoms with Crippen molar-refractivity contribution in [3.8, 4) is 0 Å². The van der Waals surface area contributed by atoms with Crippen LogP contribution in [0.25, 0.3) is 0 Å². The maximum Gasteiger partial charge on any atom is 0.281 e. The zero-order chi connectivity index (χ0) is 14.5. The summed E-state index contributed by atoms with van der Waals surface area (Å²) in [5.41, 5.74) is 5.42. The highest BCUT2D eigenvalue weighted by molar-refractivity contribution is 7.17. The summed E-state index contributed by atoms with van der Waals surface area (Å²) in [5.74, 6) is -0.560. The molecule has 0 aromatic carbocycles. The van der Waals surface area contributed by atoms with Crippen LogP contribution in [-0.2, 0) is 9.53 Å². The fourth-order valence-corrected chi connectivity index (χ4v) is 2.77. The fourth-order valence-electron chi connectivity index (χ4n) is 1.75. The lowest BCUT2D eigenvalue weighted by molar-refractivity contribution is -0.121. The maximum atomic E-state index is 12.0. The number of ether oxygens (including phenoxy) is 1.